The van der Waals surface area contributed by atoms with E-state index in [1.165, 1.54) is 4.52 Å². The number of carboxylic acids is 1. The lowest BCUT2D eigenvalue weighted by atomic mass is 9.80. The Morgan fingerprint density at radius 2 is 1.85 bits per heavy atom. The zero-order chi connectivity index (χ0) is 25.0. The van der Waals surface area contributed by atoms with Gasteiger partial charge in [-0.15, -0.1) is 0 Å². The summed E-state index contributed by atoms with van der Waals surface area (Å²) in [6.45, 7) is 8.39. The molecule has 1 N–H and O–H groups in total. The monoisotopic (exact) mass is 484 g/mol. The quantitative estimate of drug-likeness (QED) is 0.553. The van der Waals surface area contributed by atoms with Crippen molar-refractivity contribution in [3.05, 3.63) is 22.8 Å². The molecule has 6 nitrogen and oxygen atoms in total. The standard InChI is InChI=1S/C24H32F4N4O2/c1-13(2)17-14(3)29-20-18(25)19(15-6-8-16(9-7-15)24(26,27)28)30-32(20)21(17)31-11-5-10-23(4,12-31)22(33)34/h13,15-16H,5-12H2,1-4H3,(H,33,34)/t15-,16-,23-/m0/s1. The molecule has 34 heavy (non-hydrogen) atoms. The molecule has 1 saturated carbocycles. The number of carbonyl (C=O) groups is 1. The number of hydrogen-bond acceptors (Lipinski definition) is 4. The van der Waals surface area contributed by atoms with E-state index in [1.54, 1.807) is 13.8 Å². The topological polar surface area (TPSA) is 70.7 Å². The number of aryl methyl sites for hydroxylation is 1. The first kappa shape index (κ1) is 24.7. The Hall–Kier alpha value is -2.39. The predicted molar refractivity (Wildman–Crippen MR) is 120 cm³/mol. The molecular weight excluding hydrogens is 452 g/mol. The number of carboxylic acid groups (broad SMARTS) is 1. The van der Waals surface area contributed by atoms with Crippen molar-refractivity contribution in [2.24, 2.45) is 11.3 Å². The molecule has 0 amide bonds. The summed E-state index contributed by atoms with van der Waals surface area (Å²) in [6, 6.07) is 0. The van der Waals surface area contributed by atoms with Gasteiger partial charge in [-0.05, 0) is 58.3 Å². The van der Waals surface area contributed by atoms with Crippen LogP contribution in [0.1, 0.15) is 88.1 Å². The molecule has 1 aliphatic heterocycles. The van der Waals surface area contributed by atoms with Gasteiger partial charge < -0.3 is 10.0 Å². The lowest BCUT2D eigenvalue weighted by molar-refractivity contribution is -0.182. The summed E-state index contributed by atoms with van der Waals surface area (Å²) in [7, 11) is 0. The largest absolute Gasteiger partial charge is 0.481 e. The lowest BCUT2D eigenvalue weighted by Gasteiger charge is -2.40. The van der Waals surface area contributed by atoms with Gasteiger partial charge in [-0.2, -0.15) is 22.8 Å². The number of halogens is 4. The highest BCUT2D eigenvalue weighted by atomic mass is 19.4. The van der Waals surface area contributed by atoms with Crippen LogP contribution in [0.3, 0.4) is 0 Å². The van der Waals surface area contributed by atoms with Crippen LogP contribution >= 0.6 is 0 Å². The normalized spacial score (nSPS) is 26.4. The predicted octanol–water partition coefficient (Wildman–Crippen LogP) is 5.83. The molecule has 2 fully saturated rings. The van der Waals surface area contributed by atoms with Crippen LogP contribution in [0.5, 0.6) is 0 Å². The van der Waals surface area contributed by atoms with Gasteiger partial charge in [-0.3, -0.25) is 4.79 Å². The highest BCUT2D eigenvalue weighted by molar-refractivity contribution is 5.75. The Morgan fingerprint density at radius 3 is 2.41 bits per heavy atom. The molecule has 0 unspecified atom stereocenters. The van der Waals surface area contributed by atoms with Crippen LogP contribution < -0.4 is 4.90 Å². The van der Waals surface area contributed by atoms with Crippen molar-refractivity contribution >= 4 is 17.4 Å². The van der Waals surface area contributed by atoms with Crippen LogP contribution in [0.2, 0.25) is 0 Å². The molecule has 0 spiro atoms. The van der Waals surface area contributed by atoms with Crippen molar-refractivity contribution < 1.29 is 27.5 Å². The van der Waals surface area contributed by atoms with Crippen molar-refractivity contribution in [2.45, 2.75) is 84.2 Å². The summed E-state index contributed by atoms with van der Waals surface area (Å²) >= 11 is 0. The lowest BCUT2D eigenvalue weighted by Crippen LogP contribution is -2.47. The minimum absolute atomic E-state index is 0.0304. The van der Waals surface area contributed by atoms with Crippen LogP contribution in [0.25, 0.3) is 5.65 Å². The van der Waals surface area contributed by atoms with Gasteiger partial charge in [0.25, 0.3) is 0 Å². The van der Waals surface area contributed by atoms with Crippen LogP contribution in [0.4, 0.5) is 23.4 Å². The summed E-state index contributed by atoms with van der Waals surface area (Å²) in [5.74, 6) is -2.55. The smallest absolute Gasteiger partial charge is 0.391 e. The fourth-order valence-corrected chi connectivity index (χ4v) is 5.68. The maximum absolute atomic E-state index is 15.6. The minimum atomic E-state index is -4.23. The first-order valence-corrected chi connectivity index (χ1v) is 12.0. The molecule has 0 radical (unpaired) electrons. The van der Waals surface area contributed by atoms with E-state index < -0.39 is 35.2 Å². The minimum Gasteiger partial charge on any atom is -0.481 e. The zero-order valence-electron chi connectivity index (χ0n) is 20.0. The third kappa shape index (κ3) is 4.24. The van der Waals surface area contributed by atoms with E-state index in [0.29, 0.717) is 30.9 Å². The Morgan fingerprint density at radius 1 is 1.21 bits per heavy atom. The summed E-state index contributed by atoms with van der Waals surface area (Å²) in [5, 5.41) is 14.4. The van der Waals surface area contributed by atoms with Gasteiger partial charge >= 0.3 is 12.1 Å². The number of aliphatic carboxylic acids is 1. The number of nitrogens with zero attached hydrogens (tertiary/aromatic N) is 4. The SMILES string of the molecule is Cc1nc2c(F)c([C@H]3CC[C@H](C(F)(F)F)CC3)nn2c(N2CCC[C@](C)(C(=O)O)C2)c1C(C)C. The van der Waals surface area contributed by atoms with Gasteiger partial charge in [0.2, 0.25) is 0 Å². The van der Waals surface area contributed by atoms with Crippen LogP contribution in [0, 0.1) is 24.1 Å². The fraction of sp³-hybridized carbons (Fsp3) is 0.708. The van der Waals surface area contributed by atoms with E-state index in [4.69, 9.17) is 0 Å². The average molecular weight is 485 g/mol. The fourth-order valence-electron chi connectivity index (χ4n) is 5.68. The van der Waals surface area contributed by atoms with Crippen LogP contribution in [-0.4, -0.2) is 44.9 Å². The summed E-state index contributed by atoms with van der Waals surface area (Å²) < 4.78 is 56.4. The van der Waals surface area contributed by atoms with Crippen molar-refractivity contribution in [1.29, 1.82) is 0 Å². The van der Waals surface area contributed by atoms with Gasteiger partial charge in [-0.1, -0.05) is 13.8 Å². The molecule has 2 aromatic rings. The van der Waals surface area contributed by atoms with Gasteiger partial charge in [0.15, 0.2) is 11.5 Å². The number of alkyl halides is 3. The van der Waals surface area contributed by atoms with Crippen LogP contribution in [-0.2, 0) is 4.79 Å². The Kier molecular flexibility index (Phi) is 6.31. The third-order valence-corrected chi connectivity index (χ3v) is 7.60. The molecule has 0 aromatic carbocycles. The first-order chi connectivity index (χ1) is 15.8. The molecule has 1 atom stereocenters. The first-order valence-electron chi connectivity index (χ1n) is 12.0. The molecule has 2 aliphatic rings. The highest BCUT2D eigenvalue weighted by Crippen LogP contribution is 2.44. The summed E-state index contributed by atoms with van der Waals surface area (Å²) in [5.41, 5.74) is 0.781. The molecule has 4 rings (SSSR count). The second-order valence-electron chi connectivity index (χ2n) is 10.5. The summed E-state index contributed by atoms with van der Waals surface area (Å²) in [6.07, 6.45) is -2.66. The summed E-state index contributed by atoms with van der Waals surface area (Å²) in [4.78, 5) is 18.4. The van der Waals surface area contributed by atoms with Crippen LogP contribution in [0.15, 0.2) is 0 Å². The molecule has 1 saturated heterocycles. The van der Waals surface area contributed by atoms with E-state index in [1.807, 2.05) is 18.7 Å². The van der Waals surface area contributed by atoms with E-state index in [2.05, 4.69) is 10.1 Å². The Balaban J connectivity index is 1.79. The van der Waals surface area contributed by atoms with Crippen molar-refractivity contribution in [3.8, 4) is 0 Å². The second kappa shape index (κ2) is 8.68. The Labute approximate surface area is 196 Å². The number of rotatable bonds is 4. The average Bonchev–Trinajstić information content (AvgIpc) is 3.08. The van der Waals surface area contributed by atoms with Gasteiger partial charge in [0, 0.05) is 30.3 Å². The highest BCUT2D eigenvalue weighted by Gasteiger charge is 2.43. The third-order valence-electron chi connectivity index (χ3n) is 7.60. The van der Waals surface area contributed by atoms with E-state index in [0.717, 1.165) is 5.56 Å². The molecule has 2 aromatic heterocycles. The Bertz CT molecular complexity index is 1090. The van der Waals surface area contributed by atoms with Gasteiger partial charge in [-0.25, -0.2) is 9.37 Å². The zero-order valence-corrected chi connectivity index (χ0v) is 20.0. The number of anilines is 1. The molecule has 1 aliphatic carbocycles. The number of fused-ring (bicyclic) bond motifs is 1. The molecule has 3 heterocycles. The van der Waals surface area contributed by atoms with Gasteiger partial charge in [0.05, 0.1) is 11.3 Å². The van der Waals surface area contributed by atoms with Crippen molar-refractivity contribution in [3.63, 3.8) is 0 Å². The van der Waals surface area contributed by atoms with E-state index in [-0.39, 0.29) is 49.5 Å². The van der Waals surface area contributed by atoms with Gasteiger partial charge in [0.1, 0.15) is 11.5 Å². The van der Waals surface area contributed by atoms with E-state index in [9.17, 15) is 23.1 Å². The molecule has 10 heteroatoms. The van der Waals surface area contributed by atoms with E-state index >= 15 is 4.39 Å². The number of piperidine rings is 1. The second-order valence-corrected chi connectivity index (χ2v) is 10.5. The molecular formula is C24H32F4N4O2. The molecule has 188 valence electrons. The van der Waals surface area contributed by atoms with Crippen molar-refractivity contribution in [1.82, 2.24) is 14.6 Å². The molecule has 0 bridgehead atoms. The number of hydrogen-bond donors (Lipinski definition) is 1. The van der Waals surface area contributed by atoms with Crippen molar-refractivity contribution in [2.75, 3.05) is 18.0 Å². The number of aromatic nitrogens is 3. The maximum atomic E-state index is 15.6. The maximum Gasteiger partial charge on any atom is 0.391 e.